The van der Waals surface area contributed by atoms with Crippen molar-refractivity contribution in [3.63, 3.8) is 0 Å². The highest BCUT2D eigenvalue weighted by molar-refractivity contribution is 7.47. The molecule has 0 amide bonds. The molecule has 0 aliphatic heterocycles. The van der Waals surface area contributed by atoms with Gasteiger partial charge in [0.1, 0.15) is 19.3 Å². The second kappa shape index (κ2) is 75.1. The van der Waals surface area contributed by atoms with Crippen LogP contribution in [0, 0.1) is 17.8 Å². The van der Waals surface area contributed by atoms with E-state index in [9.17, 15) is 43.2 Å². The van der Waals surface area contributed by atoms with Crippen LogP contribution >= 0.6 is 15.6 Å². The van der Waals surface area contributed by atoms with Gasteiger partial charge in [0, 0.05) is 25.7 Å². The third-order valence-corrected chi connectivity index (χ3v) is 22.1. The van der Waals surface area contributed by atoms with Crippen LogP contribution in [0.25, 0.3) is 0 Å². The lowest BCUT2D eigenvalue weighted by atomic mass is 9.99. The van der Waals surface area contributed by atoms with Gasteiger partial charge in [-0.05, 0) is 43.4 Å². The fourth-order valence-corrected chi connectivity index (χ4v) is 14.7. The van der Waals surface area contributed by atoms with E-state index in [0.29, 0.717) is 25.7 Å². The summed E-state index contributed by atoms with van der Waals surface area (Å²) in [5, 5.41) is 10.7. The molecule has 0 aromatic rings. The van der Waals surface area contributed by atoms with Crippen LogP contribution < -0.4 is 0 Å². The highest BCUT2D eigenvalue weighted by atomic mass is 31.2. The van der Waals surface area contributed by atoms with Crippen molar-refractivity contribution in [1.82, 2.24) is 0 Å². The Morgan fingerprint density at radius 2 is 0.490 bits per heavy atom. The third kappa shape index (κ3) is 76.8. The molecule has 0 saturated heterocycles. The zero-order valence-corrected chi connectivity index (χ0v) is 70.3. The molecule has 3 unspecified atom stereocenters. The number of aliphatic hydroxyl groups excluding tert-OH is 1. The van der Waals surface area contributed by atoms with Crippen LogP contribution in [-0.4, -0.2) is 96.7 Å². The van der Waals surface area contributed by atoms with E-state index >= 15 is 0 Å². The first kappa shape index (κ1) is 102. The number of carbonyl (C=O) groups excluding carboxylic acids is 4. The number of phosphoric ester groups is 2. The van der Waals surface area contributed by atoms with Gasteiger partial charge in [0.05, 0.1) is 26.4 Å². The minimum absolute atomic E-state index is 0.107. The summed E-state index contributed by atoms with van der Waals surface area (Å²) in [6.07, 6.45) is 65.1. The Bertz CT molecular complexity index is 2010. The van der Waals surface area contributed by atoms with Crippen LogP contribution in [0.15, 0.2) is 0 Å². The Morgan fingerprint density at radius 3 is 0.731 bits per heavy atom. The van der Waals surface area contributed by atoms with E-state index in [0.717, 1.165) is 108 Å². The SMILES string of the molecule is CCCCCCCCCCCCCCC(=O)OC[C@H](COP(=O)(O)OC[C@H](O)COP(=O)(O)OC[C@@H](COC(=O)CCCCCCCCCCCCCCCC(C)C)OC(=O)CCCCCCCCCCCCCCCCCCCCC(C)CC)OC(=O)CCCCCCCCCCCCCC(C)C. The smallest absolute Gasteiger partial charge is 0.462 e. The first-order valence-corrected chi connectivity index (χ1v) is 46.9. The molecule has 104 heavy (non-hydrogen) atoms. The molecule has 0 heterocycles. The van der Waals surface area contributed by atoms with Gasteiger partial charge in [-0.15, -0.1) is 0 Å². The van der Waals surface area contributed by atoms with Crippen molar-refractivity contribution >= 4 is 39.5 Å². The second-order valence-electron chi connectivity index (χ2n) is 31.8. The fraction of sp³-hybridized carbons (Fsp3) is 0.953. The van der Waals surface area contributed by atoms with Gasteiger partial charge < -0.3 is 33.8 Å². The summed E-state index contributed by atoms with van der Waals surface area (Å²) in [7, 11) is -9.93. The van der Waals surface area contributed by atoms with E-state index in [1.807, 2.05) is 0 Å². The topological polar surface area (TPSA) is 237 Å². The minimum atomic E-state index is -4.97. The van der Waals surface area contributed by atoms with Crippen molar-refractivity contribution < 1.29 is 80.2 Å². The number of hydrogen-bond donors (Lipinski definition) is 3. The molecule has 19 heteroatoms. The average molecular weight is 1520 g/mol. The van der Waals surface area contributed by atoms with Gasteiger partial charge >= 0.3 is 39.5 Å². The van der Waals surface area contributed by atoms with Gasteiger partial charge in [-0.1, -0.05) is 395 Å². The molecule has 0 bridgehead atoms. The average Bonchev–Trinajstić information content (AvgIpc) is 0.918. The van der Waals surface area contributed by atoms with E-state index in [-0.39, 0.29) is 25.7 Å². The highest BCUT2D eigenvalue weighted by Gasteiger charge is 2.30. The van der Waals surface area contributed by atoms with E-state index in [2.05, 4.69) is 48.5 Å². The summed E-state index contributed by atoms with van der Waals surface area (Å²) in [6, 6.07) is 0. The number of hydrogen-bond acceptors (Lipinski definition) is 15. The number of carbonyl (C=O) groups is 4. The first-order valence-electron chi connectivity index (χ1n) is 43.9. The molecule has 0 rings (SSSR count). The largest absolute Gasteiger partial charge is 0.472 e. The summed E-state index contributed by atoms with van der Waals surface area (Å²) < 4.78 is 68.9. The van der Waals surface area contributed by atoms with Crippen molar-refractivity contribution in [2.75, 3.05) is 39.6 Å². The lowest BCUT2D eigenvalue weighted by Crippen LogP contribution is -2.30. The molecule has 0 aromatic heterocycles. The van der Waals surface area contributed by atoms with Crippen molar-refractivity contribution in [3.8, 4) is 0 Å². The lowest BCUT2D eigenvalue weighted by Gasteiger charge is -2.21. The zero-order chi connectivity index (χ0) is 76.5. The summed E-state index contributed by atoms with van der Waals surface area (Å²) in [5.41, 5.74) is 0. The number of phosphoric acid groups is 2. The third-order valence-electron chi connectivity index (χ3n) is 20.2. The second-order valence-corrected chi connectivity index (χ2v) is 34.7. The normalized spacial score (nSPS) is 14.2. The van der Waals surface area contributed by atoms with Gasteiger partial charge in [0.2, 0.25) is 0 Å². The number of ether oxygens (including phenoxy) is 4. The van der Waals surface area contributed by atoms with Gasteiger partial charge in [0.25, 0.3) is 0 Å². The minimum Gasteiger partial charge on any atom is -0.462 e. The van der Waals surface area contributed by atoms with Gasteiger partial charge in [-0.3, -0.25) is 37.3 Å². The number of aliphatic hydroxyl groups is 1. The van der Waals surface area contributed by atoms with Crippen LogP contribution in [0.2, 0.25) is 0 Å². The molecule has 618 valence electrons. The van der Waals surface area contributed by atoms with E-state index in [1.165, 1.54) is 257 Å². The summed E-state index contributed by atoms with van der Waals surface area (Å²) >= 11 is 0. The summed E-state index contributed by atoms with van der Waals surface area (Å²) in [4.78, 5) is 73.2. The Hall–Kier alpha value is -1.94. The van der Waals surface area contributed by atoms with E-state index < -0.39 is 97.5 Å². The molecule has 0 aliphatic rings. The van der Waals surface area contributed by atoms with Crippen molar-refractivity contribution in [3.05, 3.63) is 0 Å². The summed E-state index contributed by atoms with van der Waals surface area (Å²) in [5.74, 6) is 0.323. The monoisotopic (exact) mass is 1520 g/mol. The van der Waals surface area contributed by atoms with Crippen molar-refractivity contribution in [2.45, 2.75) is 465 Å². The van der Waals surface area contributed by atoms with Gasteiger partial charge in [0.15, 0.2) is 12.2 Å². The Kier molecular flexibility index (Phi) is 73.7. The molecule has 0 radical (unpaired) electrons. The quantitative estimate of drug-likeness (QED) is 0.0222. The maximum absolute atomic E-state index is 13.1. The van der Waals surface area contributed by atoms with Crippen molar-refractivity contribution in [2.24, 2.45) is 17.8 Å². The maximum atomic E-state index is 13.1. The number of esters is 4. The standard InChI is InChI=1S/C85H166O17P2/c1-8-10-11-12-13-14-15-31-38-45-52-59-66-82(87)95-72-81(102-85(90)69-62-55-48-41-34-27-29-36-43-50-57-64-77(5)6)75-100-104(93,94)98-71-79(86)70-97-103(91,92)99-74-80(73-96-83(88)67-60-53-46-39-32-26-22-23-28-35-42-49-56-63-76(3)4)101-84(89)68-61-54-47-40-33-25-21-19-17-16-18-20-24-30-37-44-51-58-65-78(7)9-2/h76-81,86H,8-75H2,1-7H3,(H,91,92)(H,93,94)/t78?,79-,80-,81-/m1/s1. The number of rotatable bonds is 83. The Morgan fingerprint density at radius 1 is 0.279 bits per heavy atom. The zero-order valence-electron chi connectivity index (χ0n) is 68.5. The van der Waals surface area contributed by atoms with Gasteiger partial charge in [-0.25, -0.2) is 9.13 Å². The molecule has 0 aromatic carbocycles. The van der Waals surface area contributed by atoms with E-state index in [1.54, 1.807) is 0 Å². The first-order chi connectivity index (χ1) is 50.3. The lowest BCUT2D eigenvalue weighted by molar-refractivity contribution is -0.161. The molecule has 0 spiro atoms. The molecule has 6 atom stereocenters. The molecular formula is C85H166O17P2. The van der Waals surface area contributed by atoms with Crippen LogP contribution in [0.4, 0.5) is 0 Å². The predicted octanol–water partition coefficient (Wildman–Crippen LogP) is 25.7. The van der Waals surface area contributed by atoms with Gasteiger partial charge in [-0.2, -0.15) is 0 Å². The fourth-order valence-electron chi connectivity index (χ4n) is 13.2. The Labute approximate surface area is 638 Å². The molecule has 0 aliphatic carbocycles. The Balaban J connectivity index is 5.24. The molecular weight excluding hydrogens is 1350 g/mol. The molecule has 17 nitrogen and oxygen atoms in total. The van der Waals surface area contributed by atoms with Crippen LogP contribution in [0.1, 0.15) is 447 Å². The van der Waals surface area contributed by atoms with Crippen LogP contribution in [0.5, 0.6) is 0 Å². The molecule has 0 saturated carbocycles. The highest BCUT2D eigenvalue weighted by Crippen LogP contribution is 2.45. The van der Waals surface area contributed by atoms with Crippen LogP contribution in [0.3, 0.4) is 0 Å². The van der Waals surface area contributed by atoms with Crippen LogP contribution in [-0.2, 0) is 65.4 Å². The van der Waals surface area contributed by atoms with E-state index in [4.69, 9.17) is 37.0 Å². The summed E-state index contributed by atoms with van der Waals surface area (Å²) in [6.45, 7) is 12.1. The van der Waals surface area contributed by atoms with Crippen molar-refractivity contribution in [1.29, 1.82) is 0 Å². The maximum Gasteiger partial charge on any atom is 0.472 e. The predicted molar refractivity (Wildman–Crippen MR) is 428 cm³/mol. The number of unbranched alkanes of at least 4 members (excludes halogenated alkanes) is 50. The molecule has 3 N–H and O–H groups in total. The molecule has 0 fully saturated rings.